The van der Waals surface area contributed by atoms with Crippen LogP contribution in [-0.2, 0) is 11.3 Å². The average molecular weight is 341 g/mol. The molecule has 0 aliphatic heterocycles. The van der Waals surface area contributed by atoms with Gasteiger partial charge < -0.3 is 5.32 Å². The Morgan fingerprint density at radius 1 is 0.962 bits per heavy atom. The van der Waals surface area contributed by atoms with Crippen molar-refractivity contribution in [2.75, 3.05) is 0 Å². The Bertz CT molecular complexity index is 1050. The van der Waals surface area contributed by atoms with E-state index in [2.05, 4.69) is 45.2 Å². The fourth-order valence-corrected chi connectivity index (χ4v) is 3.02. The summed E-state index contributed by atoms with van der Waals surface area (Å²) in [5.74, 6) is -0.0249. The van der Waals surface area contributed by atoms with Crippen LogP contribution in [-0.4, -0.2) is 15.5 Å². The fraction of sp³-hybridized carbons (Fsp3) is 0.0909. The second-order valence-corrected chi connectivity index (χ2v) is 6.26. The van der Waals surface area contributed by atoms with Crippen LogP contribution in [0.2, 0.25) is 0 Å². The van der Waals surface area contributed by atoms with Crippen molar-refractivity contribution in [3.8, 4) is 16.8 Å². The minimum absolute atomic E-state index is 0.0249. The molecule has 0 aliphatic rings. The van der Waals surface area contributed by atoms with Gasteiger partial charge in [-0.25, -0.2) is 4.98 Å². The number of rotatable bonds is 4. The van der Waals surface area contributed by atoms with Crippen LogP contribution >= 0.6 is 0 Å². The molecular weight excluding hydrogens is 322 g/mol. The van der Waals surface area contributed by atoms with Crippen LogP contribution in [0.1, 0.15) is 12.5 Å². The number of benzene rings is 3. The molecule has 0 saturated carbocycles. The molecule has 0 aliphatic carbocycles. The number of aromatic nitrogens is 2. The highest BCUT2D eigenvalue weighted by Crippen LogP contribution is 2.25. The number of amides is 1. The zero-order valence-corrected chi connectivity index (χ0v) is 14.5. The summed E-state index contributed by atoms with van der Waals surface area (Å²) >= 11 is 0. The van der Waals surface area contributed by atoms with Crippen LogP contribution in [0.3, 0.4) is 0 Å². The van der Waals surface area contributed by atoms with Crippen LogP contribution < -0.4 is 5.32 Å². The first-order valence-electron chi connectivity index (χ1n) is 8.57. The van der Waals surface area contributed by atoms with E-state index in [1.54, 1.807) is 0 Å². The molecule has 4 heteroatoms. The number of fused-ring (bicyclic) bond motifs is 1. The van der Waals surface area contributed by atoms with E-state index in [4.69, 9.17) is 0 Å². The second kappa shape index (κ2) is 6.84. The van der Waals surface area contributed by atoms with Gasteiger partial charge in [-0.2, -0.15) is 0 Å². The maximum Gasteiger partial charge on any atom is 0.217 e. The SMILES string of the molecule is CC(=O)NCc1ccc(-n2cnc3ccc(-c4ccccc4)cc32)cc1. The van der Waals surface area contributed by atoms with Crippen LogP contribution in [0.25, 0.3) is 27.8 Å². The highest BCUT2D eigenvalue weighted by Gasteiger charge is 2.07. The largest absolute Gasteiger partial charge is 0.352 e. The Balaban J connectivity index is 1.69. The van der Waals surface area contributed by atoms with E-state index in [1.165, 1.54) is 18.1 Å². The van der Waals surface area contributed by atoms with Gasteiger partial charge in [0.15, 0.2) is 0 Å². The van der Waals surface area contributed by atoms with Crippen LogP contribution in [0.4, 0.5) is 0 Å². The molecule has 0 radical (unpaired) electrons. The van der Waals surface area contributed by atoms with E-state index in [9.17, 15) is 4.79 Å². The minimum Gasteiger partial charge on any atom is -0.352 e. The predicted molar refractivity (Wildman–Crippen MR) is 104 cm³/mol. The summed E-state index contributed by atoms with van der Waals surface area (Å²) in [6.45, 7) is 2.06. The van der Waals surface area contributed by atoms with Gasteiger partial charge in [-0.3, -0.25) is 9.36 Å². The molecular formula is C22H19N3O. The van der Waals surface area contributed by atoms with Crippen molar-refractivity contribution in [3.63, 3.8) is 0 Å². The number of hydrogen-bond donors (Lipinski definition) is 1. The molecule has 0 bridgehead atoms. The van der Waals surface area contributed by atoms with Crippen molar-refractivity contribution in [3.05, 3.63) is 84.7 Å². The first kappa shape index (κ1) is 16.1. The Morgan fingerprint density at radius 2 is 1.73 bits per heavy atom. The third-order valence-corrected chi connectivity index (χ3v) is 4.41. The first-order valence-corrected chi connectivity index (χ1v) is 8.57. The summed E-state index contributed by atoms with van der Waals surface area (Å²) in [6, 6.07) is 24.8. The molecule has 26 heavy (non-hydrogen) atoms. The summed E-state index contributed by atoms with van der Waals surface area (Å²) in [5, 5.41) is 2.81. The molecule has 3 aromatic carbocycles. The molecule has 128 valence electrons. The summed E-state index contributed by atoms with van der Waals surface area (Å²) < 4.78 is 2.09. The van der Waals surface area contributed by atoms with Crippen LogP contribution in [0.5, 0.6) is 0 Å². The molecule has 0 fully saturated rings. The molecule has 1 amide bonds. The van der Waals surface area contributed by atoms with Crippen molar-refractivity contribution in [1.82, 2.24) is 14.9 Å². The zero-order valence-electron chi connectivity index (χ0n) is 14.5. The van der Waals surface area contributed by atoms with Crippen molar-refractivity contribution >= 4 is 16.9 Å². The minimum atomic E-state index is -0.0249. The van der Waals surface area contributed by atoms with E-state index in [-0.39, 0.29) is 5.91 Å². The third kappa shape index (κ3) is 3.22. The normalized spacial score (nSPS) is 10.8. The summed E-state index contributed by atoms with van der Waals surface area (Å²) in [5.41, 5.74) is 6.51. The van der Waals surface area contributed by atoms with Crippen LogP contribution in [0.15, 0.2) is 79.1 Å². The lowest BCUT2D eigenvalue weighted by molar-refractivity contribution is -0.119. The number of nitrogens with zero attached hydrogens (tertiary/aromatic N) is 2. The van der Waals surface area contributed by atoms with Gasteiger partial charge in [-0.1, -0.05) is 48.5 Å². The predicted octanol–water partition coefficient (Wildman–Crippen LogP) is 4.33. The molecule has 1 heterocycles. The zero-order chi connectivity index (χ0) is 17.9. The second-order valence-electron chi connectivity index (χ2n) is 6.26. The van der Waals surface area contributed by atoms with E-state index in [0.29, 0.717) is 6.54 Å². The molecule has 0 spiro atoms. The maximum atomic E-state index is 11.0. The Labute approximate surface area is 152 Å². The Kier molecular flexibility index (Phi) is 4.23. The number of hydrogen-bond acceptors (Lipinski definition) is 2. The molecule has 1 aromatic heterocycles. The average Bonchev–Trinajstić information content (AvgIpc) is 3.10. The van der Waals surface area contributed by atoms with Gasteiger partial charge in [0.1, 0.15) is 6.33 Å². The standard InChI is InChI=1S/C22H19N3O/c1-16(26)23-14-17-7-10-20(11-8-17)25-15-24-21-12-9-19(13-22(21)25)18-5-3-2-4-6-18/h2-13,15H,14H2,1H3,(H,23,26). The lowest BCUT2D eigenvalue weighted by Gasteiger charge is -2.08. The van der Waals surface area contributed by atoms with Crippen molar-refractivity contribution < 1.29 is 4.79 Å². The Hall–Kier alpha value is -3.40. The summed E-state index contributed by atoms with van der Waals surface area (Å²) in [6.07, 6.45) is 1.85. The van der Waals surface area contributed by atoms with Gasteiger partial charge in [0.05, 0.1) is 11.0 Å². The lowest BCUT2D eigenvalue weighted by atomic mass is 10.1. The van der Waals surface area contributed by atoms with E-state index >= 15 is 0 Å². The number of carbonyl (C=O) groups is 1. The van der Waals surface area contributed by atoms with Gasteiger partial charge in [-0.15, -0.1) is 0 Å². The molecule has 4 rings (SSSR count). The fourth-order valence-electron chi connectivity index (χ4n) is 3.02. The lowest BCUT2D eigenvalue weighted by Crippen LogP contribution is -2.18. The third-order valence-electron chi connectivity index (χ3n) is 4.41. The van der Waals surface area contributed by atoms with E-state index in [0.717, 1.165) is 22.3 Å². The highest BCUT2D eigenvalue weighted by atomic mass is 16.1. The van der Waals surface area contributed by atoms with Gasteiger partial charge in [-0.05, 0) is 41.0 Å². The molecule has 0 saturated heterocycles. The maximum absolute atomic E-state index is 11.0. The summed E-state index contributed by atoms with van der Waals surface area (Å²) in [7, 11) is 0. The van der Waals surface area contributed by atoms with Gasteiger partial charge in [0, 0.05) is 19.2 Å². The monoisotopic (exact) mass is 341 g/mol. The first-order chi connectivity index (χ1) is 12.7. The summed E-state index contributed by atoms with van der Waals surface area (Å²) in [4.78, 5) is 15.6. The van der Waals surface area contributed by atoms with Crippen molar-refractivity contribution in [1.29, 1.82) is 0 Å². The molecule has 0 atom stereocenters. The molecule has 4 nitrogen and oxygen atoms in total. The number of nitrogens with one attached hydrogen (secondary N) is 1. The highest BCUT2D eigenvalue weighted by molar-refractivity contribution is 5.83. The molecule has 1 N–H and O–H groups in total. The molecule has 4 aromatic rings. The quantitative estimate of drug-likeness (QED) is 0.600. The number of carbonyl (C=O) groups excluding carboxylic acids is 1. The van der Waals surface area contributed by atoms with Gasteiger partial charge >= 0.3 is 0 Å². The van der Waals surface area contributed by atoms with Crippen molar-refractivity contribution in [2.45, 2.75) is 13.5 Å². The smallest absolute Gasteiger partial charge is 0.217 e. The topological polar surface area (TPSA) is 46.9 Å². The molecule has 0 unspecified atom stereocenters. The van der Waals surface area contributed by atoms with E-state index in [1.807, 2.05) is 48.8 Å². The number of imidazole rings is 1. The van der Waals surface area contributed by atoms with Crippen molar-refractivity contribution in [2.24, 2.45) is 0 Å². The Morgan fingerprint density at radius 3 is 2.46 bits per heavy atom. The van der Waals surface area contributed by atoms with E-state index < -0.39 is 0 Å². The van der Waals surface area contributed by atoms with Gasteiger partial charge in [0.25, 0.3) is 0 Å². The van der Waals surface area contributed by atoms with Crippen LogP contribution in [0, 0.1) is 0 Å². The van der Waals surface area contributed by atoms with Gasteiger partial charge in [0.2, 0.25) is 5.91 Å².